The summed E-state index contributed by atoms with van der Waals surface area (Å²) in [5, 5.41) is 17.9. The Morgan fingerprint density at radius 1 is 0.595 bits per heavy atom. The molecule has 2 aromatic carbocycles. The predicted molar refractivity (Wildman–Crippen MR) is 129 cm³/mol. The van der Waals surface area contributed by atoms with Gasteiger partial charge >= 0.3 is 11.9 Å². The van der Waals surface area contributed by atoms with E-state index < -0.39 is 23.5 Å². The molecule has 0 aliphatic rings. The van der Waals surface area contributed by atoms with Crippen LogP contribution >= 0.6 is 0 Å². The molecular formula is C26H18N2O8Zn. The van der Waals surface area contributed by atoms with Gasteiger partial charge in [0.05, 0.1) is 47.5 Å². The molecule has 0 amide bonds. The van der Waals surface area contributed by atoms with Crippen molar-refractivity contribution in [2.24, 2.45) is 9.98 Å². The van der Waals surface area contributed by atoms with Crippen molar-refractivity contribution in [2.45, 2.75) is 0 Å². The monoisotopic (exact) mass is 550 g/mol. The first-order valence-corrected chi connectivity index (χ1v) is 10.2. The van der Waals surface area contributed by atoms with E-state index in [9.17, 15) is 19.2 Å². The van der Waals surface area contributed by atoms with Gasteiger partial charge < -0.3 is 19.0 Å². The maximum absolute atomic E-state index is 11.6. The van der Waals surface area contributed by atoms with E-state index in [-0.39, 0.29) is 53.5 Å². The second kappa shape index (κ2) is 14.0. The molecule has 0 unspecified atom stereocenters. The van der Waals surface area contributed by atoms with E-state index in [1.807, 2.05) is 0 Å². The number of carbonyl (C=O) groups is 4. The normalized spacial score (nSPS) is 10.4. The van der Waals surface area contributed by atoms with Crippen LogP contribution in [-0.2, 0) is 19.5 Å². The molecule has 182 valence electrons. The van der Waals surface area contributed by atoms with E-state index in [4.69, 9.17) is 19.0 Å². The van der Waals surface area contributed by atoms with Gasteiger partial charge in [0.1, 0.15) is 0 Å². The zero-order valence-electron chi connectivity index (χ0n) is 19.2. The maximum atomic E-state index is 11.6. The van der Waals surface area contributed by atoms with Gasteiger partial charge in [-0.2, -0.15) is 0 Å². The van der Waals surface area contributed by atoms with Crippen LogP contribution in [0, 0.1) is 0 Å². The van der Waals surface area contributed by atoms with E-state index in [1.54, 1.807) is 36.4 Å². The van der Waals surface area contributed by atoms with Crippen LogP contribution in [0.15, 0.2) is 104 Å². The first-order valence-electron chi connectivity index (χ1n) is 10.2. The van der Waals surface area contributed by atoms with Gasteiger partial charge in [0.2, 0.25) is 11.6 Å². The summed E-state index contributed by atoms with van der Waals surface area (Å²) in [6, 6.07) is 18.6. The van der Waals surface area contributed by atoms with Crippen molar-refractivity contribution < 1.29 is 57.7 Å². The summed E-state index contributed by atoms with van der Waals surface area (Å²) in [7, 11) is 0. The van der Waals surface area contributed by atoms with Crippen molar-refractivity contribution in [2.75, 3.05) is 0 Å². The number of carboxylic acids is 2. The molecule has 37 heavy (non-hydrogen) atoms. The fourth-order valence-corrected chi connectivity index (χ4v) is 2.76. The number of hydrogen-bond donors (Lipinski definition) is 2. The maximum Gasteiger partial charge on any atom is 0.337 e. The van der Waals surface area contributed by atoms with E-state index in [1.165, 1.54) is 48.9 Å². The van der Waals surface area contributed by atoms with Gasteiger partial charge in [-0.05, 0) is 48.5 Å². The van der Waals surface area contributed by atoms with E-state index in [0.29, 0.717) is 0 Å². The average Bonchev–Trinajstić information content (AvgIpc) is 3.61. The summed E-state index contributed by atoms with van der Waals surface area (Å²) >= 11 is 0. The molecule has 2 N–H and O–H groups in total. The van der Waals surface area contributed by atoms with E-state index in [2.05, 4.69) is 9.98 Å². The van der Waals surface area contributed by atoms with Crippen molar-refractivity contribution in [3.05, 3.63) is 108 Å². The fraction of sp³-hybridized carbons (Fsp3) is 0. The van der Waals surface area contributed by atoms with Gasteiger partial charge in [-0.3, -0.25) is 19.6 Å². The summed E-state index contributed by atoms with van der Waals surface area (Å²) < 4.78 is 9.81. The number of para-hydroxylation sites is 2. The van der Waals surface area contributed by atoms with Crippen molar-refractivity contribution >= 4 is 47.3 Å². The molecule has 0 aliphatic carbocycles. The zero-order valence-corrected chi connectivity index (χ0v) is 22.2. The van der Waals surface area contributed by atoms with Crippen molar-refractivity contribution in [3.63, 3.8) is 0 Å². The predicted octanol–water partition coefficient (Wildman–Crippen LogP) is 5.12. The first-order chi connectivity index (χ1) is 17.4. The SMILES string of the molecule is O=C(C=Nc1ccccc1C(=O)O)c1ccco1.O=C(C=Nc1ccccc1C(=O)O)c1ccco1.[Zn]. The minimum Gasteiger partial charge on any atom is -0.478 e. The number of carbonyl (C=O) groups excluding carboxylic acids is 2. The number of carboxylic acid groups (broad SMARTS) is 2. The Hall–Kier alpha value is -4.76. The smallest absolute Gasteiger partial charge is 0.337 e. The number of Topliss-reactive ketones (excluding diaryl/α,β-unsaturated/α-hetero) is 2. The van der Waals surface area contributed by atoms with Gasteiger partial charge in [-0.1, -0.05) is 24.3 Å². The molecule has 0 saturated carbocycles. The molecule has 0 fully saturated rings. The van der Waals surface area contributed by atoms with Crippen LogP contribution < -0.4 is 0 Å². The third-order valence-corrected chi connectivity index (χ3v) is 4.44. The summed E-state index contributed by atoms with van der Waals surface area (Å²) in [5.41, 5.74) is 0.539. The summed E-state index contributed by atoms with van der Waals surface area (Å²) in [6.45, 7) is 0. The van der Waals surface area contributed by atoms with Crippen LogP contribution in [0.4, 0.5) is 11.4 Å². The topological polar surface area (TPSA) is 160 Å². The molecule has 11 heteroatoms. The number of nitrogens with zero attached hydrogens (tertiary/aromatic N) is 2. The van der Waals surface area contributed by atoms with Gasteiger partial charge in [-0.25, -0.2) is 9.59 Å². The quantitative estimate of drug-likeness (QED) is 0.173. The summed E-state index contributed by atoms with van der Waals surface area (Å²) in [6.07, 6.45) is 4.85. The Labute approximate surface area is 222 Å². The summed E-state index contributed by atoms with van der Waals surface area (Å²) in [4.78, 5) is 52.7. The number of ketones is 2. The van der Waals surface area contributed by atoms with Crippen LogP contribution in [0.3, 0.4) is 0 Å². The van der Waals surface area contributed by atoms with E-state index >= 15 is 0 Å². The minimum atomic E-state index is -1.09. The molecule has 0 spiro atoms. The van der Waals surface area contributed by atoms with Gasteiger partial charge in [0.15, 0.2) is 11.5 Å². The molecule has 4 rings (SSSR count). The van der Waals surface area contributed by atoms with Crippen molar-refractivity contribution in [3.8, 4) is 0 Å². The molecule has 0 atom stereocenters. The third kappa shape index (κ3) is 8.15. The Kier molecular flexibility index (Phi) is 10.7. The van der Waals surface area contributed by atoms with Crippen LogP contribution in [0.5, 0.6) is 0 Å². The Morgan fingerprint density at radius 2 is 0.973 bits per heavy atom. The molecule has 0 aliphatic heterocycles. The second-order valence-corrected chi connectivity index (χ2v) is 6.84. The molecule has 0 saturated heterocycles. The molecule has 2 aromatic heterocycles. The Bertz CT molecular complexity index is 1310. The van der Waals surface area contributed by atoms with Crippen LogP contribution in [-0.4, -0.2) is 46.1 Å². The number of hydrogen-bond acceptors (Lipinski definition) is 8. The summed E-state index contributed by atoms with van der Waals surface area (Å²) in [5.74, 6) is -2.69. The average molecular weight is 552 g/mol. The van der Waals surface area contributed by atoms with Gasteiger partial charge in [0, 0.05) is 19.5 Å². The van der Waals surface area contributed by atoms with Crippen molar-refractivity contribution in [1.82, 2.24) is 0 Å². The molecule has 2 heterocycles. The Morgan fingerprint density at radius 3 is 1.30 bits per heavy atom. The number of furan rings is 2. The number of rotatable bonds is 8. The van der Waals surface area contributed by atoms with Crippen LogP contribution in [0.25, 0.3) is 0 Å². The number of benzene rings is 2. The van der Waals surface area contributed by atoms with Gasteiger partial charge in [0.25, 0.3) is 0 Å². The molecule has 0 bridgehead atoms. The third-order valence-electron chi connectivity index (χ3n) is 4.44. The molecule has 0 radical (unpaired) electrons. The van der Waals surface area contributed by atoms with Crippen LogP contribution in [0.1, 0.15) is 41.8 Å². The Balaban J connectivity index is 0.000000253. The number of aromatic carboxylic acids is 2. The van der Waals surface area contributed by atoms with Gasteiger partial charge in [-0.15, -0.1) is 0 Å². The van der Waals surface area contributed by atoms with E-state index in [0.717, 1.165) is 12.4 Å². The fourth-order valence-electron chi connectivity index (χ4n) is 2.76. The zero-order chi connectivity index (χ0) is 25.9. The molecule has 4 aromatic rings. The minimum absolute atomic E-state index is 0. The first kappa shape index (κ1) is 28.5. The number of aliphatic imine (C=N–C) groups is 2. The molecular weight excluding hydrogens is 534 g/mol. The van der Waals surface area contributed by atoms with Crippen LogP contribution in [0.2, 0.25) is 0 Å². The standard InChI is InChI=1S/2C13H9NO4.Zn/c2*15-11(12-6-3-7-18-12)8-14-10-5-2-1-4-9(10)13(16)17;/h2*1-8H,(H,16,17);. The second-order valence-electron chi connectivity index (χ2n) is 6.84. The van der Waals surface area contributed by atoms with Crippen molar-refractivity contribution in [1.29, 1.82) is 0 Å². The molecule has 10 nitrogen and oxygen atoms in total. The largest absolute Gasteiger partial charge is 0.478 e.